The highest BCUT2D eigenvalue weighted by Gasteiger charge is 2.33. The fraction of sp³-hybridized carbons (Fsp3) is 0.0667. The zero-order valence-corrected chi connectivity index (χ0v) is 11.9. The summed E-state index contributed by atoms with van der Waals surface area (Å²) in [7, 11) is 0. The van der Waals surface area contributed by atoms with Crippen LogP contribution in [0.25, 0.3) is 10.9 Å². The molecule has 0 spiro atoms. The van der Waals surface area contributed by atoms with Crippen molar-refractivity contribution in [1.82, 2.24) is 15.0 Å². The standard InChI is InChI=1S/C15H9F3N4O2/c16-15(17,18)11-6-8(4-5-19-11)13(23)22-10-3-1-2-9-12(10)20-7-21-14(9)24/h1-7H,(H,22,23)(H,20,21,24). The molecule has 0 aliphatic heterocycles. The van der Waals surface area contributed by atoms with Gasteiger partial charge in [-0.05, 0) is 24.3 Å². The number of amides is 1. The number of aromatic amines is 1. The Hall–Kier alpha value is -3.23. The highest BCUT2D eigenvalue weighted by molar-refractivity contribution is 6.08. The molecule has 122 valence electrons. The number of pyridine rings is 1. The first-order valence-electron chi connectivity index (χ1n) is 6.67. The van der Waals surface area contributed by atoms with Crippen molar-refractivity contribution in [2.45, 2.75) is 6.18 Å². The zero-order valence-electron chi connectivity index (χ0n) is 11.9. The molecule has 9 heteroatoms. The maximum absolute atomic E-state index is 12.7. The second kappa shape index (κ2) is 5.76. The first kappa shape index (κ1) is 15.7. The minimum atomic E-state index is -4.65. The van der Waals surface area contributed by atoms with Crippen LogP contribution in [0.3, 0.4) is 0 Å². The summed E-state index contributed by atoms with van der Waals surface area (Å²) < 4.78 is 38.0. The number of nitrogens with zero attached hydrogens (tertiary/aromatic N) is 2. The van der Waals surface area contributed by atoms with Gasteiger partial charge in [-0.25, -0.2) is 4.98 Å². The Bertz CT molecular complexity index is 982. The summed E-state index contributed by atoms with van der Waals surface area (Å²) >= 11 is 0. The molecule has 2 aromatic heterocycles. The Balaban J connectivity index is 1.97. The molecule has 3 rings (SSSR count). The van der Waals surface area contributed by atoms with Crippen LogP contribution in [0.2, 0.25) is 0 Å². The number of benzene rings is 1. The summed E-state index contributed by atoms with van der Waals surface area (Å²) in [5.41, 5.74) is -1.31. The van der Waals surface area contributed by atoms with E-state index in [4.69, 9.17) is 0 Å². The maximum atomic E-state index is 12.7. The van der Waals surface area contributed by atoms with E-state index in [1.807, 2.05) is 0 Å². The maximum Gasteiger partial charge on any atom is 0.433 e. The number of aromatic nitrogens is 3. The SMILES string of the molecule is O=C(Nc1cccc2c(=O)[nH]cnc12)c1ccnc(C(F)(F)F)c1. The largest absolute Gasteiger partial charge is 0.433 e. The molecule has 6 nitrogen and oxygen atoms in total. The van der Waals surface area contributed by atoms with Crippen molar-refractivity contribution in [3.63, 3.8) is 0 Å². The van der Waals surface area contributed by atoms with E-state index in [-0.39, 0.29) is 27.7 Å². The molecule has 0 atom stereocenters. The van der Waals surface area contributed by atoms with Gasteiger partial charge < -0.3 is 10.3 Å². The fourth-order valence-corrected chi connectivity index (χ4v) is 2.12. The van der Waals surface area contributed by atoms with E-state index in [1.165, 1.54) is 24.5 Å². The number of nitrogens with one attached hydrogen (secondary N) is 2. The first-order valence-corrected chi connectivity index (χ1v) is 6.67. The summed E-state index contributed by atoms with van der Waals surface area (Å²) in [5.74, 6) is -0.766. The number of carbonyl (C=O) groups is 1. The van der Waals surface area contributed by atoms with Crippen LogP contribution in [0.4, 0.5) is 18.9 Å². The van der Waals surface area contributed by atoms with E-state index in [1.54, 1.807) is 0 Å². The lowest BCUT2D eigenvalue weighted by molar-refractivity contribution is -0.141. The first-order chi connectivity index (χ1) is 11.4. The van der Waals surface area contributed by atoms with Crippen molar-refractivity contribution in [2.24, 2.45) is 0 Å². The molecule has 0 unspecified atom stereocenters. The van der Waals surface area contributed by atoms with Crippen LogP contribution in [-0.2, 0) is 6.18 Å². The van der Waals surface area contributed by atoms with Gasteiger partial charge in [0.15, 0.2) is 0 Å². The highest BCUT2D eigenvalue weighted by Crippen LogP contribution is 2.28. The van der Waals surface area contributed by atoms with Gasteiger partial charge in [-0.2, -0.15) is 13.2 Å². The van der Waals surface area contributed by atoms with Crippen molar-refractivity contribution in [3.05, 3.63) is 64.5 Å². The van der Waals surface area contributed by atoms with Crippen molar-refractivity contribution in [3.8, 4) is 0 Å². The van der Waals surface area contributed by atoms with Gasteiger partial charge in [-0.3, -0.25) is 14.6 Å². The Morgan fingerprint density at radius 3 is 2.71 bits per heavy atom. The van der Waals surface area contributed by atoms with Crippen LogP contribution in [0.5, 0.6) is 0 Å². The smallest absolute Gasteiger partial charge is 0.320 e. The molecule has 1 amide bonds. The van der Waals surface area contributed by atoms with E-state index in [2.05, 4.69) is 20.3 Å². The predicted molar refractivity (Wildman–Crippen MR) is 79.6 cm³/mol. The van der Waals surface area contributed by atoms with Gasteiger partial charge in [-0.15, -0.1) is 0 Å². The number of carbonyl (C=O) groups excluding carboxylic acids is 1. The monoisotopic (exact) mass is 334 g/mol. The molecule has 0 saturated carbocycles. The lowest BCUT2D eigenvalue weighted by atomic mass is 10.2. The zero-order chi connectivity index (χ0) is 17.3. The van der Waals surface area contributed by atoms with Crippen LogP contribution in [-0.4, -0.2) is 20.9 Å². The Morgan fingerprint density at radius 2 is 1.96 bits per heavy atom. The molecule has 0 aliphatic carbocycles. The molecular weight excluding hydrogens is 325 g/mol. The number of anilines is 1. The number of rotatable bonds is 2. The molecule has 0 saturated heterocycles. The van der Waals surface area contributed by atoms with Gasteiger partial charge in [0.2, 0.25) is 0 Å². The van der Waals surface area contributed by atoms with E-state index in [9.17, 15) is 22.8 Å². The average molecular weight is 334 g/mol. The number of hydrogen-bond acceptors (Lipinski definition) is 4. The second-order valence-electron chi connectivity index (χ2n) is 4.82. The third-order valence-electron chi connectivity index (χ3n) is 3.23. The van der Waals surface area contributed by atoms with Gasteiger partial charge in [0.1, 0.15) is 11.2 Å². The lowest BCUT2D eigenvalue weighted by Gasteiger charge is -2.09. The summed E-state index contributed by atoms with van der Waals surface area (Å²) in [4.78, 5) is 33.5. The van der Waals surface area contributed by atoms with Gasteiger partial charge in [0.05, 0.1) is 17.4 Å². The topological polar surface area (TPSA) is 87.7 Å². The molecule has 0 aliphatic rings. The van der Waals surface area contributed by atoms with E-state index in [0.717, 1.165) is 12.3 Å². The Kier molecular flexibility index (Phi) is 3.76. The van der Waals surface area contributed by atoms with Crippen LogP contribution >= 0.6 is 0 Å². The van der Waals surface area contributed by atoms with Gasteiger partial charge in [-0.1, -0.05) is 6.07 Å². The highest BCUT2D eigenvalue weighted by atomic mass is 19.4. The molecule has 0 bridgehead atoms. The third kappa shape index (κ3) is 2.96. The number of H-pyrrole nitrogens is 1. The number of fused-ring (bicyclic) bond motifs is 1. The molecular formula is C15H9F3N4O2. The number of alkyl halides is 3. The lowest BCUT2D eigenvalue weighted by Crippen LogP contribution is -2.16. The Labute approximate surface area is 132 Å². The third-order valence-corrected chi connectivity index (χ3v) is 3.23. The Morgan fingerprint density at radius 1 is 1.17 bits per heavy atom. The van der Waals surface area contributed by atoms with Crippen molar-refractivity contribution in [1.29, 1.82) is 0 Å². The quantitative estimate of drug-likeness (QED) is 0.754. The summed E-state index contributed by atoms with van der Waals surface area (Å²) in [6.45, 7) is 0. The number of hydrogen-bond donors (Lipinski definition) is 2. The second-order valence-corrected chi connectivity index (χ2v) is 4.82. The van der Waals surface area contributed by atoms with Crippen LogP contribution in [0, 0.1) is 0 Å². The minimum absolute atomic E-state index is 0.209. The van der Waals surface area contributed by atoms with E-state index < -0.39 is 17.8 Å². The van der Waals surface area contributed by atoms with Crippen LogP contribution < -0.4 is 10.9 Å². The molecule has 2 N–H and O–H groups in total. The minimum Gasteiger partial charge on any atom is -0.320 e. The molecule has 0 radical (unpaired) electrons. The van der Waals surface area contributed by atoms with Crippen molar-refractivity contribution in [2.75, 3.05) is 5.32 Å². The molecule has 1 aromatic carbocycles. The molecule has 0 fully saturated rings. The molecule has 3 aromatic rings. The summed E-state index contributed by atoms with van der Waals surface area (Å²) in [6, 6.07) is 6.36. The molecule has 2 heterocycles. The van der Waals surface area contributed by atoms with E-state index in [0.29, 0.717) is 6.07 Å². The van der Waals surface area contributed by atoms with Gasteiger partial charge >= 0.3 is 6.18 Å². The van der Waals surface area contributed by atoms with Crippen LogP contribution in [0.15, 0.2) is 47.7 Å². The predicted octanol–water partition coefficient (Wildman–Crippen LogP) is 2.59. The summed E-state index contributed by atoms with van der Waals surface area (Å²) in [6.07, 6.45) is -2.57. The van der Waals surface area contributed by atoms with Gasteiger partial charge in [0.25, 0.3) is 11.5 Å². The molecule has 24 heavy (non-hydrogen) atoms. The summed E-state index contributed by atoms with van der Waals surface area (Å²) in [5, 5.41) is 2.71. The number of para-hydroxylation sites is 1. The van der Waals surface area contributed by atoms with Crippen LogP contribution in [0.1, 0.15) is 16.1 Å². The van der Waals surface area contributed by atoms with Gasteiger partial charge in [0, 0.05) is 11.8 Å². The average Bonchev–Trinajstić information content (AvgIpc) is 2.55. The van der Waals surface area contributed by atoms with Crippen molar-refractivity contribution >= 4 is 22.5 Å². The fourth-order valence-electron chi connectivity index (χ4n) is 2.12. The van der Waals surface area contributed by atoms with E-state index >= 15 is 0 Å². The number of halogens is 3. The van der Waals surface area contributed by atoms with Crippen molar-refractivity contribution < 1.29 is 18.0 Å². The normalized spacial score (nSPS) is 11.5.